The highest BCUT2D eigenvalue weighted by Gasteiger charge is 2.20. The molecule has 0 aliphatic heterocycles. The fourth-order valence-corrected chi connectivity index (χ4v) is 1.79. The Morgan fingerprint density at radius 1 is 1.53 bits per heavy atom. The lowest BCUT2D eigenvalue weighted by molar-refractivity contribution is -0.385. The molecule has 0 saturated carbocycles. The molecule has 0 bridgehead atoms. The Labute approximate surface area is 103 Å². The van der Waals surface area contributed by atoms with Crippen molar-refractivity contribution in [3.63, 3.8) is 0 Å². The van der Waals surface area contributed by atoms with Gasteiger partial charge in [0.15, 0.2) is 0 Å². The predicted molar refractivity (Wildman–Crippen MR) is 62.4 cm³/mol. The summed E-state index contributed by atoms with van der Waals surface area (Å²) in [5.74, 6) is -0.384. The minimum Gasteiger partial charge on any atom is -0.501 e. The Balaban J connectivity index is 2.65. The number of nitrogens with zero attached hydrogens (tertiary/aromatic N) is 2. The number of anilines is 1. The molecular formula is C9H6BrN3O4. The van der Waals surface area contributed by atoms with E-state index in [0.717, 1.165) is 0 Å². The van der Waals surface area contributed by atoms with Crippen LogP contribution in [0.25, 0.3) is 11.1 Å². The minimum atomic E-state index is -0.687. The van der Waals surface area contributed by atoms with Gasteiger partial charge in [0, 0.05) is 6.07 Å². The molecular weight excluding hydrogens is 294 g/mol. The molecule has 0 spiro atoms. The van der Waals surface area contributed by atoms with Crippen molar-refractivity contribution in [2.75, 3.05) is 5.73 Å². The molecule has 1 aromatic carbocycles. The van der Waals surface area contributed by atoms with Gasteiger partial charge in [-0.2, -0.15) is 0 Å². The highest BCUT2D eigenvalue weighted by atomic mass is 79.9. The molecule has 17 heavy (non-hydrogen) atoms. The summed E-state index contributed by atoms with van der Waals surface area (Å²) in [6.07, 6.45) is 1.35. The van der Waals surface area contributed by atoms with Crippen molar-refractivity contribution < 1.29 is 14.6 Å². The summed E-state index contributed by atoms with van der Waals surface area (Å²) in [6, 6.07) is 2.69. The normalized spacial score (nSPS) is 10.4. The largest absolute Gasteiger partial charge is 0.501 e. The van der Waals surface area contributed by atoms with E-state index in [2.05, 4.69) is 25.6 Å². The van der Waals surface area contributed by atoms with Crippen LogP contribution in [-0.2, 0) is 0 Å². The number of rotatable bonds is 2. The quantitative estimate of drug-likeness (QED) is 0.649. The first-order valence-electron chi connectivity index (χ1n) is 4.38. The number of nitro benzene ring substituents is 1. The number of phenolic OH excluding ortho intramolecular Hbond substituents is 1. The van der Waals surface area contributed by atoms with E-state index < -0.39 is 16.4 Å². The van der Waals surface area contributed by atoms with Crippen molar-refractivity contribution in [3.05, 3.63) is 32.9 Å². The molecule has 0 atom stereocenters. The van der Waals surface area contributed by atoms with E-state index in [9.17, 15) is 15.2 Å². The van der Waals surface area contributed by atoms with Gasteiger partial charge in [-0.25, -0.2) is 0 Å². The first-order chi connectivity index (χ1) is 8.00. The van der Waals surface area contributed by atoms with Crippen LogP contribution in [0, 0.1) is 10.1 Å². The van der Waals surface area contributed by atoms with E-state index in [1.165, 1.54) is 18.3 Å². The van der Waals surface area contributed by atoms with Crippen LogP contribution in [0.5, 0.6) is 5.75 Å². The Bertz CT molecular complexity index is 596. The lowest BCUT2D eigenvalue weighted by Gasteiger charge is -2.03. The Morgan fingerprint density at radius 3 is 2.76 bits per heavy atom. The van der Waals surface area contributed by atoms with Gasteiger partial charge < -0.3 is 15.4 Å². The molecule has 1 aromatic heterocycles. The summed E-state index contributed by atoms with van der Waals surface area (Å²) in [5.41, 5.74) is 5.94. The zero-order valence-corrected chi connectivity index (χ0v) is 9.84. The maximum absolute atomic E-state index is 10.7. The summed E-state index contributed by atoms with van der Waals surface area (Å²) in [4.78, 5) is 10.0. The maximum atomic E-state index is 10.7. The second-order valence-corrected chi connectivity index (χ2v) is 4.04. The number of aromatic hydroxyl groups is 1. The van der Waals surface area contributed by atoms with E-state index in [1.54, 1.807) is 0 Å². The second kappa shape index (κ2) is 4.06. The third-order valence-electron chi connectivity index (χ3n) is 2.15. The molecule has 0 aliphatic rings. The van der Waals surface area contributed by atoms with Crippen LogP contribution in [0.2, 0.25) is 0 Å². The molecule has 2 rings (SSSR count). The van der Waals surface area contributed by atoms with Crippen LogP contribution in [-0.4, -0.2) is 15.2 Å². The van der Waals surface area contributed by atoms with E-state index >= 15 is 0 Å². The van der Waals surface area contributed by atoms with Gasteiger partial charge >= 0.3 is 5.69 Å². The molecule has 0 amide bonds. The number of hydrogen-bond acceptors (Lipinski definition) is 6. The smallest absolute Gasteiger partial charge is 0.312 e. The fraction of sp³-hybridized carbons (Fsp3) is 0. The fourth-order valence-electron chi connectivity index (χ4n) is 1.34. The van der Waals surface area contributed by atoms with Gasteiger partial charge in [-0.1, -0.05) is 5.16 Å². The van der Waals surface area contributed by atoms with Crippen LogP contribution in [0.4, 0.5) is 11.6 Å². The first kappa shape index (κ1) is 11.4. The molecule has 88 valence electrons. The Hall–Kier alpha value is -2.09. The standard InChI is InChI=1S/C9H6BrN3O4/c10-6-1-4(5-3-12-17-9(5)11)2-7(8(6)14)13(15)16/h1-3,14H,11H2. The first-order valence-corrected chi connectivity index (χ1v) is 5.17. The number of aromatic nitrogens is 1. The molecule has 3 N–H and O–H groups in total. The minimum absolute atomic E-state index is 0.0527. The molecule has 0 aliphatic carbocycles. The zero-order chi connectivity index (χ0) is 12.6. The second-order valence-electron chi connectivity index (χ2n) is 3.19. The molecule has 8 heteroatoms. The summed E-state index contributed by atoms with van der Waals surface area (Å²) < 4.78 is 4.87. The number of hydrogen-bond donors (Lipinski definition) is 2. The van der Waals surface area contributed by atoms with Crippen molar-refractivity contribution in [3.8, 4) is 16.9 Å². The number of halogens is 1. The van der Waals surface area contributed by atoms with Gasteiger partial charge in [0.1, 0.15) is 0 Å². The van der Waals surface area contributed by atoms with Gasteiger partial charge in [0.05, 0.1) is 21.2 Å². The van der Waals surface area contributed by atoms with E-state index in [1.807, 2.05) is 0 Å². The number of nitro groups is 1. The summed E-state index contributed by atoms with van der Waals surface area (Å²) in [7, 11) is 0. The molecule has 0 fully saturated rings. The summed E-state index contributed by atoms with van der Waals surface area (Å²) in [6.45, 7) is 0. The van der Waals surface area contributed by atoms with E-state index in [0.29, 0.717) is 11.1 Å². The number of phenols is 1. The zero-order valence-electron chi connectivity index (χ0n) is 8.25. The summed E-state index contributed by atoms with van der Waals surface area (Å²) in [5, 5.41) is 23.7. The van der Waals surface area contributed by atoms with Crippen LogP contribution >= 0.6 is 15.9 Å². The van der Waals surface area contributed by atoms with Crippen molar-refractivity contribution in [1.29, 1.82) is 0 Å². The molecule has 0 saturated heterocycles. The molecule has 0 unspecified atom stereocenters. The molecule has 0 radical (unpaired) electrons. The van der Waals surface area contributed by atoms with E-state index in [-0.39, 0.29) is 10.4 Å². The van der Waals surface area contributed by atoms with Gasteiger partial charge in [0.2, 0.25) is 11.6 Å². The number of nitrogens with two attached hydrogens (primary N) is 1. The van der Waals surface area contributed by atoms with Crippen LogP contribution < -0.4 is 5.73 Å². The lowest BCUT2D eigenvalue weighted by atomic mass is 10.1. The number of nitrogen functional groups attached to an aromatic ring is 1. The summed E-state index contributed by atoms with van der Waals surface area (Å²) >= 11 is 3.03. The molecule has 1 heterocycles. The van der Waals surface area contributed by atoms with Gasteiger partial charge in [-0.3, -0.25) is 10.1 Å². The van der Waals surface area contributed by atoms with Gasteiger partial charge in [0.25, 0.3) is 0 Å². The van der Waals surface area contributed by atoms with Crippen LogP contribution in [0.1, 0.15) is 0 Å². The van der Waals surface area contributed by atoms with Crippen molar-refractivity contribution >= 4 is 27.5 Å². The monoisotopic (exact) mass is 299 g/mol. The lowest BCUT2D eigenvalue weighted by Crippen LogP contribution is -1.91. The van der Waals surface area contributed by atoms with E-state index in [4.69, 9.17) is 5.73 Å². The Morgan fingerprint density at radius 2 is 2.24 bits per heavy atom. The maximum Gasteiger partial charge on any atom is 0.312 e. The third kappa shape index (κ3) is 1.94. The van der Waals surface area contributed by atoms with Crippen LogP contribution in [0.15, 0.2) is 27.3 Å². The van der Waals surface area contributed by atoms with Crippen molar-refractivity contribution in [2.45, 2.75) is 0 Å². The Kier molecular flexibility index (Phi) is 2.72. The molecule has 7 nitrogen and oxygen atoms in total. The average molecular weight is 300 g/mol. The van der Waals surface area contributed by atoms with Gasteiger partial charge in [-0.15, -0.1) is 0 Å². The van der Waals surface area contributed by atoms with Gasteiger partial charge in [-0.05, 0) is 27.6 Å². The molecule has 2 aromatic rings. The van der Waals surface area contributed by atoms with Crippen molar-refractivity contribution in [2.24, 2.45) is 0 Å². The SMILES string of the molecule is Nc1oncc1-c1cc(Br)c(O)c([N+](=O)[O-])c1. The number of benzene rings is 1. The highest BCUT2D eigenvalue weighted by molar-refractivity contribution is 9.10. The highest BCUT2D eigenvalue weighted by Crippen LogP contribution is 2.39. The average Bonchev–Trinajstić information content (AvgIpc) is 2.68. The van der Waals surface area contributed by atoms with Crippen LogP contribution in [0.3, 0.4) is 0 Å². The predicted octanol–water partition coefficient (Wildman–Crippen LogP) is 2.30. The topological polar surface area (TPSA) is 115 Å². The van der Waals surface area contributed by atoms with Crippen molar-refractivity contribution in [1.82, 2.24) is 5.16 Å². The third-order valence-corrected chi connectivity index (χ3v) is 2.75.